The average molecular weight is 340 g/mol. The number of aromatic nitrogens is 1. The molecular weight excluding hydrogens is 316 g/mol. The van der Waals surface area contributed by atoms with Crippen LogP contribution in [0.15, 0.2) is 42.7 Å². The zero-order chi connectivity index (χ0) is 17.8. The van der Waals surface area contributed by atoms with Crippen molar-refractivity contribution >= 4 is 5.91 Å². The number of aliphatic hydroxyl groups excluding tert-OH is 1. The molecule has 0 spiro atoms. The molecule has 3 rings (SSSR count). The van der Waals surface area contributed by atoms with Crippen LogP contribution in [0.3, 0.4) is 0 Å². The molecule has 2 heterocycles. The minimum Gasteiger partial charge on any atom is -0.506 e. The Morgan fingerprint density at radius 3 is 2.68 bits per heavy atom. The molecule has 1 aromatic carbocycles. The fourth-order valence-electron chi connectivity index (χ4n) is 3.49. The monoisotopic (exact) mass is 340 g/mol. The van der Waals surface area contributed by atoms with E-state index in [1.54, 1.807) is 12.3 Å². The van der Waals surface area contributed by atoms with Crippen LogP contribution >= 0.6 is 0 Å². The van der Waals surface area contributed by atoms with Gasteiger partial charge in [-0.3, -0.25) is 9.78 Å². The molecule has 1 aliphatic rings. The number of carbonyl (C=O) groups is 1. The Bertz CT molecular complexity index is 739. The van der Waals surface area contributed by atoms with Gasteiger partial charge in [0.2, 0.25) is 5.91 Å². The van der Waals surface area contributed by atoms with Crippen LogP contribution in [0, 0.1) is 12.8 Å². The van der Waals surface area contributed by atoms with Gasteiger partial charge in [-0.05, 0) is 48.4 Å². The molecule has 25 heavy (non-hydrogen) atoms. The lowest BCUT2D eigenvalue weighted by atomic mass is 9.86. The number of hydrogen-bond donors (Lipinski definition) is 2. The van der Waals surface area contributed by atoms with Crippen LogP contribution < -0.4 is 0 Å². The van der Waals surface area contributed by atoms with Crippen LogP contribution in [-0.2, 0) is 11.2 Å². The van der Waals surface area contributed by atoms with Crippen LogP contribution in [0.2, 0.25) is 0 Å². The molecule has 0 aliphatic carbocycles. The maximum atomic E-state index is 12.4. The predicted molar refractivity (Wildman–Crippen MR) is 95.0 cm³/mol. The number of piperidine rings is 1. The number of carbonyl (C=O) groups excluding carboxylic acids is 1. The summed E-state index contributed by atoms with van der Waals surface area (Å²) in [5.41, 5.74) is 2.80. The summed E-state index contributed by atoms with van der Waals surface area (Å²) in [6, 6.07) is 9.49. The second-order valence-electron chi connectivity index (χ2n) is 6.75. The molecular formula is C20H24N2O3. The van der Waals surface area contributed by atoms with Gasteiger partial charge in [0.25, 0.3) is 0 Å². The van der Waals surface area contributed by atoms with Gasteiger partial charge in [0.05, 0.1) is 18.7 Å². The number of rotatable bonds is 4. The SMILES string of the molecule is Cc1ccccc1C(O)C1CCN(C(=O)Cc2cncc(O)c2)CC1. The van der Waals surface area contributed by atoms with Gasteiger partial charge < -0.3 is 15.1 Å². The van der Waals surface area contributed by atoms with E-state index in [2.05, 4.69) is 4.98 Å². The topological polar surface area (TPSA) is 73.7 Å². The largest absolute Gasteiger partial charge is 0.506 e. The van der Waals surface area contributed by atoms with Crippen LogP contribution in [0.25, 0.3) is 0 Å². The Morgan fingerprint density at radius 2 is 2.00 bits per heavy atom. The van der Waals surface area contributed by atoms with Gasteiger partial charge in [-0.2, -0.15) is 0 Å². The van der Waals surface area contributed by atoms with Gasteiger partial charge >= 0.3 is 0 Å². The quantitative estimate of drug-likeness (QED) is 0.897. The summed E-state index contributed by atoms with van der Waals surface area (Å²) in [5, 5.41) is 20.1. The first-order valence-electron chi connectivity index (χ1n) is 8.69. The Kier molecular flexibility index (Phi) is 5.34. The molecule has 1 saturated heterocycles. The molecule has 2 aromatic rings. The molecule has 132 valence electrons. The van der Waals surface area contributed by atoms with E-state index < -0.39 is 6.10 Å². The van der Waals surface area contributed by atoms with Crippen LogP contribution in [0.4, 0.5) is 0 Å². The summed E-state index contributed by atoms with van der Waals surface area (Å²) in [5.74, 6) is 0.286. The maximum Gasteiger partial charge on any atom is 0.227 e. The summed E-state index contributed by atoms with van der Waals surface area (Å²) in [7, 11) is 0. The third-order valence-corrected chi connectivity index (χ3v) is 4.98. The molecule has 0 saturated carbocycles. The second-order valence-corrected chi connectivity index (χ2v) is 6.75. The second kappa shape index (κ2) is 7.66. The zero-order valence-electron chi connectivity index (χ0n) is 14.4. The molecule has 1 unspecified atom stereocenters. The number of nitrogens with zero attached hydrogens (tertiary/aromatic N) is 2. The molecule has 1 fully saturated rings. The Labute approximate surface area is 147 Å². The summed E-state index contributed by atoms with van der Waals surface area (Å²) in [6.07, 6.45) is 4.30. The lowest BCUT2D eigenvalue weighted by Gasteiger charge is -2.34. The van der Waals surface area contributed by atoms with Crippen molar-refractivity contribution < 1.29 is 15.0 Å². The van der Waals surface area contributed by atoms with Crippen molar-refractivity contribution in [2.24, 2.45) is 5.92 Å². The normalized spacial score (nSPS) is 16.6. The fraction of sp³-hybridized carbons (Fsp3) is 0.400. The lowest BCUT2D eigenvalue weighted by Crippen LogP contribution is -2.40. The van der Waals surface area contributed by atoms with Crippen molar-refractivity contribution in [3.05, 3.63) is 59.4 Å². The van der Waals surface area contributed by atoms with Crippen LogP contribution in [-0.4, -0.2) is 39.1 Å². The Balaban J connectivity index is 1.56. The first kappa shape index (κ1) is 17.4. The highest BCUT2D eigenvalue weighted by Crippen LogP contribution is 2.32. The number of aliphatic hydroxyl groups is 1. The van der Waals surface area contributed by atoms with E-state index in [1.165, 1.54) is 6.20 Å². The first-order chi connectivity index (χ1) is 12.0. The summed E-state index contributed by atoms with van der Waals surface area (Å²) >= 11 is 0. The molecule has 0 bridgehead atoms. The van der Waals surface area contributed by atoms with Gasteiger partial charge in [0.15, 0.2) is 0 Å². The van der Waals surface area contributed by atoms with E-state index in [0.717, 1.165) is 24.0 Å². The minimum atomic E-state index is -0.478. The van der Waals surface area contributed by atoms with Crippen LogP contribution in [0.1, 0.15) is 35.6 Å². The Hall–Kier alpha value is -2.40. The molecule has 5 heteroatoms. The van der Waals surface area contributed by atoms with E-state index in [1.807, 2.05) is 36.1 Å². The van der Waals surface area contributed by atoms with Crippen molar-refractivity contribution in [1.29, 1.82) is 0 Å². The fourth-order valence-corrected chi connectivity index (χ4v) is 3.49. The highest BCUT2D eigenvalue weighted by molar-refractivity contribution is 5.78. The predicted octanol–water partition coefficient (Wildman–Crippen LogP) is 2.61. The number of benzene rings is 1. The number of aromatic hydroxyl groups is 1. The standard InChI is InChI=1S/C20H24N2O3/c1-14-4-2-3-5-18(14)20(25)16-6-8-22(9-7-16)19(24)11-15-10-17(23)13-21-12-15/h2-5,10,12-13,16,20,23,25H,6-9,11H2,1H3. The Morgan fingerprint density at radius 1 is 1.28 bits per heavy atom. The summed E-state index contributed by atoms with van der Waals surface area (Å²) < 4.78 is 0. The van der Waals surface area contributed by atoms with Gasteiger partial charge in [-0.1, -0.05) is 24.3 Å². The third kappa shape index (κ3) is 4.17. The van der Waals surface area contributed by atoms with Crippen molar-refractivity contribution in [2.75, 3.05) is 13.1 Å². The van der Waals surface area contributed by atoms with Crippen molar-refractivity contribution in [3.63, 3.8) is 0 Å². The van der Waals surface area contributed by atoms with E-state index in [0.29, 0.717) is 18.7 Å². The molecule has 1 aromatic heterocycles. The highest BCUT2D eigenvalue weighted by atomic mass is 16.3. The third-order valence-electron chi connectivity index (χ3n) is 4.98. The lowest BCUT2D eigenvalue weighted by molar-refractivity contribution is -0.132. The molecule has 5 nitrogen and oxygen atoms in total. The van der Waals surface area contributed by atoms with Gasteiger partial charge in [-0.25, -0.2) is 0 Å². The number of amides is 1. The smallest absolute Gasteiger partial charge is 0.227 e. The van der Waals surface area contributed by atoms with Gasteiger partial charge in [0, 0.05) is 19.3 Å². The number of aryl methyl sites for hydroxylation is 1. The molecule has 2 N–H and O–H groups in total. The first-order valence-corrected chi connectivity index (χ1v) is 8.69. The van der Waals surface area contributed by atoms with E-state index in [9.17, 15) is 15.0 Å². The number of hydrogen-bond acceptors (Lipinski definition) is 4. The average Bonchev–Trinajstić information content (AvgIpc) is 2.62. The molecule has 1 atom stereocenters. The number of likely N-dealkylation sites (tertiary alicyclic amines) is 1. The van der Waals surface area contributed by atoms with Gasteiger partial charge in [-0.15, -0.1) is 0 Å². The number of pyridine rings is 1. The van der Waals surface area contributed by atoms with Gasteiger partial charge in [0.1, 0.15) is 5.75 Å². The molecule has 1 aliphatic heterocycles. The highest BCUT2D eigenvalue weighted by Gasteiger charge is 2.28. The maximum absolute atomic E-state index is 12.4. The van der Waals surface area contributed by atoms with E-state index >= 15 is 0 Å². The van der Waals surface area contributed by atoms with Crippen molar-refractivity contribution in [2.45, 2.75) is 32.3 Å². The van der Waals surface area contributed by atoms with E-state index in [-0.39, 0.29) is 24.0 Å². The summed E-state index contributed by atoms with van der Waals surface area (Å²) in [6.45, 7) is 3.32. The van der Waals surface area contributed by atoms with Crippen LogP contribution in [0.5, 0.6) is 5.75 Å². The molecule has 1 amide bonds. The summed E-state index contributed by atoms with van der Waals surface area (Å²) in [4.78, 5) is 18.2. The minimum absolute atomic E-state index is 0.0382. The van der Waals surface area contributed by atoms with Crippen molar-refractivity contribution in [1.82, 2.24) is 9.88 Å². The van der Waals surface area contributed by atoms with Crippen molar-refractivity contribution in [3.8, 4) is 5.75 Å². The van der Waals surface area contributed by atoms with E-state index in [4.69, 9.17) is 0 Å². The molecule has 0 radical (unpaired) electrons. The zero-order valence-corrected chi connectivity index (χ0v) is 14.4.